The highest BCUT2D eigenvalue weighted by atomic mass is 79.9. The van der Waals surface area contributed by atoms with Crippen molar-refractivity contribution in [2.24, 2.45) is 0 Å². The predicted octanol–water partition coefficient (Wildman–Crippen LogP) is 4.39. The molecule has 156 valence electrons. The molecular formula is C22H29BrN4O2. The average molecular weight is 461 g/mol. The van der Waals surface area contributed by atoms with E-state index in [1.165, 1.54) is 11.3 Å². The van der Waals surface area contributed by atoms with E-state index in [9.17, 15) is 4.79 Å². The van der Waals surface area contributed by atoms with Gasteiger partial charge >= 0.3 is 6.09 Å². The number of ether oxygens (including phenoxy) is 1. The van der Waals surface area contributed by atoms with E-state index in [-0.39, 0.29) is 11.6 Å². The van der Waals surface area contributed by atoms with Gasteiger partial charge in [0.1, 0.15) is 10.2 Å². The Labute approximate surface area is 181 Å². The summed E-state index contributed by atoms with van der Waals surface area (Å²) < 4.78 is 8.86. The molecule has 0 bridgehead atoms. The van der Waals surface area contributed by atoms with E-state index in [2.05, 4.69) is 54.6 Å². The van der Waals surface area contributed by atoms with Gasteiger partial charge in [0.2, 0.25) is 0 Å². The summed E-state index contributed by atoms with van der Waals surface area (Å²) >= 11 is 3.63. The zero-order valence-electron chi connectivity index (χ0n) is 17.4. The number of piperidine rings is 1. The smallest absolute Gasteiger partial charge is 0.410 e. The number of hydrogen-bond donors (Lipinski definition) is 0. The second-order valence-corrected chi connectivity index (χ2v) is 9.96. The van der Waals surface area contributed by atoms with Crippen LogP contribution in [0.3, 0.4) is 0 Å². The van der Waals surface area contributed by atoms with Gasteiger partial charge in [-0.05, 0) is 55.1 Å². The molecule has 1 aromatic carbocycles. The van der Waals surface area contributed by atoms with E-state index in [1.54, 1.807) is 0 Å². The molecule has 0 N–H and O–H groups in total. The third-order valence-electron chi connectivity index (χ3n) is 5.67. The molecular weight excluding hydrogens is 432 g/mol. The number of carbonyl (C=O) groups excluding carboxylic acids is 1. The van der Waals surface area contributed by atoms with Crippen LogP contribution in [-0.4, -0.2) is 50.7 Å². The van der Waals surface area contributed by atoms with Crippen LogP contribution in [0.2, 0.25) is 0 Å². The molecule has 0 aliphatic carbocycles. The normalized spacial score (nSPS) is 22.6. The zero-order valence-corrected chi connectivity index (χ0v) is 19.0. The maximum atomic E-state index is 12.8. The number of hydrogen-bond acceptors (Lipinski definition) is 4. The van der Waals surface area contributed by atoms with E-state index in [0.29, 0.717) is 6.54 Å². The molecule has 2 aromatic rings. The third kappa shape index (κ3) is 4.36. The van der Waals surface area contributed by atoms with Crippen LogP contribution < -0.4 is 0 Å². The first-order valence-electron chi connectivity index (χ1n) is 10.2. The van der Waals surface area contributed by atoms with Gasteiger partial charge in [-0.15, -0.1) is 0 Å². The summed E-state index contributed by atoms with van der Waals surface area (Å²) in [4.78, 5) is 21.7. The van der Waals surface area contributed by atoms with Crippen LogP contribution in [-0.2, 0) is 23.4 Å². The number of carbonyl (C=O) groups is 1. The monoisotopic (exact) mass is 460 g/mol. The zero-order chi connectivity index (χ0) is 20.6. The second-order valence-electron chi connectivity index (χ2n) is 9.21. The second kappa shape index (κ2) is 7.76. The predicted molar refractivity (Wildman–Crippen MR) is 115 cm³/mol. The molecule has 29 heavy (non-hydrogen) atoms. The van der Waals surface area contributed by atoms with Crippen molar-refractivity contribution in [2.45, 2.75) is 57.8 Å². The van der Waals surface area contributed by atoms with Gasteiger partial charge < -0.3 is 14.2 Å². The molecule has 0 saturated carbocycles. The Balaban J connectivity index is 1.61. The molecule has 7 heteroatoms. The highest BCUT2D eigenvalue weighted by Gasteiger charge is 2.45. The Morgan fingerprint density at radius 3 is 2.72 bits per heavy atom. The highest BCUT2D eigenvalue weighted by Crippen LogP contribution is 2.38. The summed E-state index contributed by atoms with van der Waals surface area (Å²) in [5.74, 6) is 0. The molecule has 0 radical (unpaired) electrons. The molecule has 1 fully saturated rings. The Hall–Kier alpha value is -1.86. The fraction of sp³-hybridized carbons (Fsp3) is 0.545. The summed E-state index contributed by atoms with van der Waals surface area (Å²) in [7, 11) is 0. The van der Waals surface area contributed by atoms with Crippen LogP contribution in [0.25, 0.3) is 0 Å². The van der Waals surface area contributed by atoms with Crippen molar-refractivity contribution in [3.8, 4) is 0 Å². The highest BCUT2D eigenvalue weighted by molar-refractivity contribution is 9.10. The largest absolute Gasteiger partial charge is 0.444 e. The number of halogens is 1. The van der Waals surface area contributed by atoms with Crippen LogP contribution in [0, 0.1) is 0 Å². The molecule has 6 nitrogen and oxygen atoms in total. The molecule has 1 atom stereocenters. The number of aromatic nitrogens is 2. The lowest BCUT2D eigenvalue weighted by Crippen LogP contribution is -2.59. The lowest BCUT2D eigenvalue weighted by atomic mass is 9.86. The van der Waals surface area contributed by atoms with E-state index in [4.69, 9.17) is 4.74 Å². The number of imidazole rings is 1. The molecule has 3 heterocycles. The van der Waals surface area contributed by atoms with E-state index < -0.39 is 5.60 Å². The Kier molecular flexibility index (Phi) is 5.46. The van der Waals surface area contributed by atoms with Crippen LogP contribution in [0.15, 0.2) is 41.3 Å². The Morgan fingerprint density at radius 1 is 1.24 bits per heavy atom. The summed E-state index contributed by atoms with van der Waals surface area (Å²) in [5.41, 5.74) is 1.80. The SMILES string of the molecule is CC(C)(C)OC(=O)N1CCCC2(CN(Cc3ccccc3)Cc3c(Br)ncn32)C1. The Morgan fingerprint density at radius 2 is 2.00 bits per heavy atom. The first kappa shape index (κ1) is 20.4. The molecule has 1 spiro atoms. The van der Waals surface area contributed by atoms with E-state index >= 15 is 0 Å². The Bertz CT molecular complexity index is 877. The van der Waals surface area contributed by atoms with Gasteiger partial charge in [-0.3, -0.25) is 4.90 Å². The number of rotatable bonds is 2. The van der Waals surface area contributed by atoms with Gasteiger partial charge in [0.15, 0.2) is 0 Å². The summed E-state index contributed by atoms with van der Waals surface area (Å²) in [5, 5.41) is 0. The van der Waals surface area contributed by atoms with Crippen molar-refractivity contribution in [3.63, 3.8) is 0 Å². The van der Waals surface area contributed by atoms with Crippen LogP contribution in [0.1, 0.15) is 44.9 Å². The van der Waals surface area contributed by atoms with Crippen molar-refractivity contribution >= 4 is 22.0 Å². The molecule has 1 saturated heterocycles. The quantitative estimate of drug-likeness (QED) is 0.666. The number of benzene rings is 1. The van der Waals surface area contributed by atoms with Gasteiger partial charge in [0, 0.05) is 32.7 Å². The van der Waals surface area contributed by atoms with Crippen molar-refractivity contribution in [1.82, 2.24) is 19.4 Å². The van der Waals surface area contributed by atoms with Crippen LogP contribution in [0.5, 0.6) is 0 Å². The minimum atomic E-state index is -0.489. The van der Waals surface area contributed by atoms with Crippen LogP contribution in [0.4, 0.5) is 4.79 Å². The topological polar surface area (TPSA) is 50.6 Å². The maximum absolute atomic E-state index is 12.8. The van der Waals surface area contributed by atoms with Crippen LogP contribution >= 0.6 is 15.9 Å². The van der Waals surface area contributed by atoms with Gasteiger partial charge in [0.25, 0.3) is 0 Å². The van der Waals surface area contributed by atoms with Gasteiger partial charge in [-0.2, -0.15) is 0 Å². The fourth-order valence-corrected chi connectivity index (χ4v) is 4.94. The minimum Gasteiger partial charge on any atom is -0.444 e. The maximum Gasteiger partial charge on any atom is 0.410 e. The first-order chi connectivity index (χ1) is 13.8. The fourth-order valence-electron chi connectivity index (χ4n) is 4.54. The summed E-state index contributed by atoms with van der Waals surface area (Å²) in [6.07, 6.45) is 3.68. The number of amides is 1. The van der Waals surface area contributed by atoms with Crippen molar-refractivity contribution in [3.05, 3.63) is 52.5 Å². The first-order valence-corrected chi connectivity index (χ1v) is 11.0. The van der Waals surface area contributed by atoms with Gasteiger partial charge in [-0.1, -0.05) is 30.3 Å². The molecule has 2 aliphatic heterocycles. The summed E-state index contributed by atoms with van der Waals surface area (Å²) in [6.45, 7) is 9.73. The van der Waals surface area contributed by atoms with Crippen molar-refractivity contribution in [2.75, 3.05) is 19.6 Å². The third-order valence-corrected chi connectivity index (χ3v) is 6.34. The minimum absolute atomic E-state index is 0.184. The van der Waals surface area contributed by atoms with E-state index in [1.807, 2.05) is 38.1 Å². The molecule has 1 aromatic heterocycles. The van der Waals surface area contributed by atoms with Gasteiger partial charge in [-0.25, -0.2) is 9.78 Å². The number of fused-ring (bicyclic) bond motifs is 2. The number of likely N-dealkylation sites (tertiary alicyclic amines) is 1. The summed E-state index contributed by atoms with van der Waals surface area (Å²) in [6, 6.07) is 10.6. The van der Waals surface area contributed by atoms with Crippen molar-refractivity contribution in [1.29, 1.82) is 0 Å². The van der Waals surface area contributed by atoms with Crippen molar-refractivity contribution < 1.29 is 9.53 Å². The van der Waals surface area contributed by atoms with Gasteiger partial charge in [0.05, 0.1) is 17.6 Å². The standard InChI is InChI=1S/C22H29BrN4O2/c1-21(2,3)29-20(28)26-11-7-10-22(15-26)14-25(12-17-8-5-4-6-9-17)13-18-19(23)24-16-27(18)22/h4-6,8-9,16H,7,10-15H2,1-3H3. The molecule has 1 amide bonds. The molecule has 4 rings (SSSR count). The molecule has 1 unspecified atom stereocenters. The van der Waals surface area contributed by atoms with E-state index in [0.717, 1.165) is 43.6 Å². The number of nitrogens with zero attached hydrogens (tertiary/aromatic N) is 4. The lowest BCUT2D eigenvalue weighted by molar-refractivity contribution is -0.00883. The average Bonchev–Trinajstić information content (AvgIpc) is 3.03. The molecule has 2 aliphatic rings. The lowest BCUT2D eigenvalue weighted by Gasteiger charge is -2.49.